The van der Waals surface area contributed by atoms with Crippen molar-refractivity contribution in [3.05, 3.63) is 12.7 Å². The normalized spacial score (nSPS) is 7.36. The lowest BCUT2D eigenvalue weighted by molar-refractivity contribution is -0.143. The zero-order valence-electron chi connectivity index (χ0n) is 6.41. The highest BCUT2D eigenvalue weighted by atomic mass is 16.4. The Labute approximate surface area is 65.2 Å². The summed E-state index contributed by atoms with van der Waals surface area (Å²) in [5.74, 6) is -2.15. The maximum absolute atomic E-state index is 9.64. The third kappa shape index (κ3) is 28.6. The van der Waals surface area contributed by atoms with E-state index >= 15 is 0 Å². The highest BCUT2D eigenvalue weighted by Crippen LogP contribution is 1.85. The molecule has 0 rings (SSSR count). The molecule has 0 aliphatic rings. The van der Waals surface area contributed by atoms with E-state index in [0.717, 1.165) is 0 Å². The lowest BCUT2D eigenvalue weighted by Gasteiger charge is -1.85. The van der Waals surface area contributed by atoms with E-state index in [1.807, 2.05) is 6.92 Å². The number of rotatable bonds is 3. The number of carbonyl (C=O) groups is 2. The molecule has 2 N–H and O–H groups in total. The van der Waals surface area contributed by atoms with E-state index in [1.165, 1.54) is 0 Å². The molecule has 4 heteroatoms. The predicted molar refractivity (Wildman–Crippen MR) is 40.4 cm³/mol. The largest absolute Gasteiger partial charge is 0.481 e. The molecule has 0 unspecified atom stereocenters. The van der Waals surface area contributed by atoms with Crippen LogP contribution in [0, 0.1) is 0 Å². The number of aliphatic carboxylic acids is 2. The summed E-state index contributed by atoms with van der Waals surface area (Å²) in [6, 6.07) is 0. The third-order valence-electron chi connectivity index (χ3n) is 0.553. The van der Waals surface area contributed by atoms with Gasteiger partial charge in [-0.3, -0.25) is 9.59 Å². The van der Waals surface area contributed by atoms with Gasteiger partial charge in [-0.25, -0.2) is 0 Å². The first kappa shape index (κ1) is 12.4. The third-order valence-corrected chi connectivity index (χ3v) is 0.553. The minimum Gasteiger partial charge on any atom is -0.481 e. The summed E-state index contributed by atoms with van der Waals surface area (Å²) < 4.78 is 0. The molecule has 0 bridgehead atoms. The Balaban J connectivity index is 0. The van der Waals surface area contributed by atoms with Gasteiger partial charge in [-0.1, -0.05) is 6.08 Å². The van der Waals surface area contributed by atoms with Gasteiger partial charge in [0.25, 0.3) is 0 Å². The first-order chi connectivity index (χ1) is 5.04. The minimum atomic E-state index is -1.08. The molecule has 0 aromatic rings. The molecule has 0 aliphatic heterocycles. The molecule has 0 amide bonds. The fourth-order valence-electron chi connectivity index (χ4n) is 0.214. The van der Waals surface area contributed by atoms with Gasteiger partial charge in [0.1, 0.15) is 0 Å². The van der Waals surface area contributed by atoms with Gasteiger partial charge in [-0.15, -0.1) is 6.58 Å². The van der Waals surface area contributed by atoms with Crippen molar-refractivity contribution in [2.75, 3.05) is 0 Å². The minimum absolute atomic E-state index is 0.296. The highest BCUT2D eigenvalue weighted by molar-refractivity contribution is 5.75. The van der Waals surface area contributed by atoms with Gasteiger partial charge in [-0.2, -0.15) is 0 Å². The number of hydrogen-bond donors (Lipinski definition) is 2. The summed E-state index contributed by atoms with van der Waals surface area (Å²) in [5, 5.41) is 15.8. The Hall–Kier alpha value is -1.32. The second kappa shape index (κ2) is 8.68. The second-order valence-electron chi connectivity index (χ2n) is 1.70. The van der Waals surface area contributed by atoms with Gasteiger partial charge in [0, 0.05) is 0 Å². The van der Waals surface area contributed by atoms with Crippen molar-refractivity contribution in [2.45, 2.75) is 19.8 Å². The quantitative estimate of drug-likeness (QED) is 0.607. The van der Waals surface area contributed by atoms with Crippen LogP contribution in [0.25, 0.3) is 0 Å². The smallest absolute Gasteiger partial charge is 0.303 e. The first-order valence-electron chi connectivity index (χ1n) is 3.05. The van der Waals surface area contributed by atoms with Crippen LogP contribution < -0.4 is 0 Å². The van der Waals surface area contributed by atoms with E-state index in [4.69, 9.17) is 10.2 Å². The summed E-state index contributed by atoms with van der Waals surface area (Å²) in [4.78, 5) is 19.3. The summed E-state index contributed by atoms with van der Waals surface area (Å²) in [6.07, 6.45) is 1.16. The summed E-state index contributed by atoms with van der Waals surface area (Å²) in [7, 11) is 0. The first-order valence-corrected chi connectivity index (χ1v) is 3.05. The van der Waals surface area contributed by atoms with Crippen LogP contribution in [0.5, 0.6) is 0 Å². The molecule has 0 aromatic carbocycles. The molecule has 0 saturated heterocycles. The molecule has 0 heterocycles. The van der Waals surface area contributed by atoms with E-state index in [-0.39, 0.29) is 12.8 Å². The lowest BCUT2D eigenvalue weighted by atomic mass is 10.3. The molecule has 11 heavy (non-hydrogen) atoms. The fraction of sp³-hybridized carbons (Fsp3) is 0.429. The molecule has 0 aromatic heterocycles. The van der Waals surface area contributed by atoms with Gasteiger partial charge >= 0.3 is 11.9 Å². The molecule has 0 atom stereocenters. The fourth-order valence-corrected chi connectivity index (χ4v) is 0.214. The summed E-state index contributed by atoms with van der Waals surface area (Å²) in [6.45, 7) is 5.25. The van der Waals surface area contributed by atoms with Crippen LogP contribution in [0.15, 0.2) is 12.7 Å². The maximum atomic E-state index is 9.64. The number of carboxylic acid groups (broad SMARTS) is 2. The van der Waals surface area contributed by atoms with Crippen molar-refractivity contribution in [1.82, 2.24) is 0 Å². The molecule has 0 aliphatic carbocycles. The summed E-state index contributed by atoms with van der Waals surface area (Å²) >= 11 is 0. The van der Waals surface area contributed by atoms with Gasteiger partial charge in [0.2, 0.25) is 0 Å². The Morgan fingerprint density at radius 3 is 1.55 bits per heavy atom. The zero-order chi connectivity index (χ0) is 9.28. The van der Waals surface area contributed by atoms with Crippen LogP contribution in [-0.4, -0.2) is 22.2 Å². The van der Waals surface area contributed by atoms with Gasteiger partial charge in [0.05, 0.1) is 12.8 Å². The average Bonchev–Trinajstić information content (AvgIpc) is 1.85. The van der Waals surface area contributed by atoms with Crippen LogP contribution in [0.2, 0.25) is 0 Å². The molecule has 0 fully saturated rings. The standard InChI is InChI=1S/C4H6O4.C3H6/c5-3(6)1-2-4(7)8;1-3-2/h1-2H2,(H,5,6)(H,7,8);3H,1H2,2H3. The lowest BCUT2D eigenvalue weighted by Crippen LogP contribution is -2.00. The van der Waals surface area contributed by atoms with E-state index in [0.29, 0.717) is 0 Å². The Bertz CT molecular complexity index is 125. The van der Waals surface area contributed by atoms with Crippen LogP contribution in [0.3, 0.4) is 0 Å². The van der Waals surface area contributed by atoms with Crippen molar-refractivity contribution < 1.29 is 19.8 Å². The van der Waals surface area contributed by atoms with E-state index in [9.17, 15) is 9.59 Å². The molecule has 0 spiro atoms. The van der Waals surface area contributed by atoms with Gasteiger partial charge in [-0.05, 0) is 6.92 Å². The van der Waals surface area contributed by atoms with Crippen molar-refractivity contribution in [1.29, 1.82) is 0 Å². The average molecular weight is 160 g/mol. The van der Waals surface area contributed by atoms with E-state index < -0.39 is 11.9 Å². The zero-order valence-corrected chi connectivity index (χ0v) is 6.41. The number of hydrogen-bond acceptors (Lipinski definition) is 2. The van der Waals surface area contributed by atoms with Gasteiger partial charge < -0.3 is 10.2 Å². The molecular weight excluding hydrogens is 148 g/mol. The molecular formula is C7H12O4. The predicted octanol–water partition coefficient (Wildman–Crippen LogP) is 1.13. The van der Waals surface area contributed by atoms with Crippen molar-refractivity contribution in [3.8, 4) is 0 Å². The van der Waals surface area contributed by atoms with E-state index in [1.54, 1.807) is 6.08 Å². The van der Waals surface area contributed by atoms with Crippen LogP contribution >= 0.6 is 0 Å². The summed E-state index contributed by atoms with van der Waals surface area (Å²) in [5.41, 5.74) is 0. The highest BCUT2D eigenvalue weighted by Gasteiger charge is 2.00. The van der Waals surface area contributed by atoms with Crippen molar-refractivity contribution >= 4 is 11.9 Å². The Kier molecular flexibility index (Phi) is 9.76. The molecule has 0 saturated carbocycles. The number of carboxylic acids is 2. The van der Waals surface area contributed by atoms with Crippen LogP contribution in [-0.2, 0) is 9.59 Å². The second-order valence-corrected chi connectivity index (χ2v) is 1.70. The Morgan fingerprint density at radius 1 is 1.27 bits per heavy atom. The topological polar surface area (TPSA) is 74.6 Å². The van der Waals surface area contributed by atoms with Gasteiger partial charge in [0.15, 0.2) is 0 Å². The van der Waals surface area contributed by atoms with Crippen molar-refractivity contribution in [3.63, 3.8) is 0 Å². The number of allylic oxidation sites excluding steroid dienone is 1. The molecule has 64 valence electrons. The van der Waals surface area contributed by atoms with Crippen LogP contribution in [0.4, 0.5) is 0 Å². The Morgan fingerprint density at radius 2 is 1.45 bits per heavy atom. The van der Waals surface area contributed by atoms with Crippen LogP contribution in [0.1, 0.15) is 19.8 Å². The van der Waals surface area contributed by atoms with Crippen molar-refractivity contribution in [2.24, 2.45) is 0 Å². The maximum Gasteiger partial charge on any atom is 0.303 e. The van der Waals surface area contributed by atoms with E-state index in [2.05, 4.69) is 6.58 Å². The molecule has 0 radical (unpaired) electrons. The molecule has 4 nitrogen and oxygen atoms in total. The SMILES string of the molecule is C=CC.O=C(O)CCC(=O)O. The monoisotopic (exact) mass is 160 g/mol.